The second kappa shape index (κ2) is 10.2. The van der Waals surface area contributed by atoms with Crippen LogP contribution in [0.5, 0.6) is 0 Å². The van der Waals surface area contributed by atoms with Gasteiger partial charge in [0.15, 0.2) is 5.96 Å². The van der Waals surface area contributed by atoms with Gasteiger partial charge in [0, 0.05) is 37.7 Å². The van der Waals surface area contributed by atoms with Crippen LogP contribution in [0.3, 0.4) is 0 Å². The van der Waals surface area contributed by atoms with Gasteiger partial charge in [0.1, 0.15) is 0 Å². The number of benzene rings is 1. The summed E-state index contributed by atoms with van der Waals surface area (Å²) in [6, 6.07) is 7.94. The lowest BCUT2D eigenvalue weighted by atomic mass is 9.84. The number of nitrogens with zero attached hydrogens (tertiary/aromatic N) is 1. The predicted molar refractivity (Wildman–Crippen MR) is 101 cm³/mol. The molecule has 1 aromatic rings. The van der Waals surface area contributed by atoms with Gasteiger partial charge in [-0.05, 0) is 11.6 Å². The SMILES string of the molecule is CN=C(NCCOC)NCC(C)(C)c1ccccc1Cl.I. The van der Waals surface area contributed by atoms with E-state index in [1.165, 1.54) is 0 Å². The molecule has 120 valence electrons. The van der Waals surface area contributed by atoms with Crippen molar-refractivity contribution in [1.29, 1.82) is 0 Å². The first-order valence-corrected chi connectivity index (χ1v) is 7.07. The van der Waals surface area contributed by atoms with Crippen LogP contribution in [-0.4, -0.2) is 39.8 Å². The molecule has 0 amide bonds. The van der Waals surface area contributed by atoms with Crippen molar-refractivity contribution in [2.45, 2.75) is 19.3 Å². The smallest absolute Gasteiger partial charge is 0.191 e. The Labute approximate surface area is 149 Å². The van der Waals surface area contributed by atoms with Crippen LogP contribution in [0.2, 0.25) is 5.02 Å². The highest BCUT2D eigenvalue weighted by Crippen LogP contribution is 2.28. The number of methoxy groups -OCH3 is 1. The first-order chi connectivity index (χ1) is 9.51. The normalized spacial score (nSPS) is 11.8. The number of guanidine groups is 1. The van der Waals surface area contributed by atoms with Crippen LogP contribution in [0.4, 0.5) is 0 Å². The van der Waals surface area contributed by atoms with E-state index in [0.717, 1.165) is 29.6 Å². The van der Waals surface area contributed by atoms with Gasteiger partial charge in [-0.1, -0.05) is 43.6 Å². The summed E-state index contributed by atoms with van der Waals surface area (Å²) in [5.74, 6) is 0.766. The second-order valence-corrected chi connectivity index (χ2v) is 5.62. The molecule has 4 nitrogen and oxygen atoms in total. The van der Waals surface area contributed by atoms with Crippen LogP contribution in [0, 0.1) is 0 Å². The van der Waals surface area contributed by atoms with Gasteiger partial charge in [0.25, 0.3) is 0 Å². The fourth-order valence-electron chi connectivity index (χ4n) is 1.90. The highest BCUT2D eigenvalue weighted by atomic mass is 127. The number of rotatable bonds is 6. The lowest BCUT2D eigenvalue weighted by molar-refractivity contribution is 0.203. The van der Waals surface area contributed by atoms with Crippen molar-refractivity contribution in [2.75, 3.05) is 33.9 Å². The second-order valence-electron chi connectivity index (χ2n) is 5.21. The molecule has 0 unspecified atom stereocenters. The van der Waals surface area contributed by atoms with Crippen molar-refractivity contribution in [1.82, 2.24) is 10.6 Å². The molecule has 0 bridgehead atoms. The largest absolute Gasteiger partial charge is 0.383 e. The van der Waals surface area contributed by atoms with Crippen molar-refractivity contribution in [3.8, 4) is 0 Å². The fourth-order valence-corrected chi connectivity index (χ4v) is 2.29. The summed E-state index contributed by atoms with van der Waals surface area (Å²) < 4.78 is 5.00. The summed E-state index contributed by atoms with van der Waals surface area (Å²) in [5, 5.41) is 7.30. The van der Waals surface area contributed by atoms with Crippen molar-refractivity contribution in [3.05, 3.63) is 34.9 Å². The van der Waals surface area contributed by atoms with Crippen molar-refractivity contribution in [2.24, 2.45) is 4.99 Å². The van der Waals surface area contributed by atoms with E-state index in [0.29, 0.717) is 6.61 Å². The van der Waals surface area contributed by atoms with E-state index in [4.69, 9.17) is 16.3 Å². The zero-order valence-electron chi connectivity index (χ0n) is 13.1. The third kappa shape index (κ3) is 6.84. The fraction of sp³-hybridized carbons (Fsp3) is 0.533. The Balaban J connectivity index is 0.00000400. The van der Waals surface area contributed by atoms with Crippen LogP contribution in [0.25, 0.3) is 0 Å². The molecule has 6 heteroatoms. The summed E-state index contributed by atoms with van der Waals surface area (Å²) >= 11 is 6.27. The van der Waals surface area contributed by atoms with Gasteiger partial charge >= 0.3 is 0 Å². The van der Waals surface area contributed by atoms with Crippen molar-refractivity contribution < 1.29 is 4.74 Å². The first kappa shape index (κ1) is 20.5. The molecule has 2 N–H and O–H groups in total. The van der Waals surface area contributed by atoms with Crippen molar-refractivity contribution in [3.63, 3.8) is 0 Å². The van der Waals surface area contributed by atoms with E-state index in [1.54, 1.807) is 14.2 Å². The summed E-state index contributed by atoms with van der Waals surface area (Å²) in [7, 11) is 3.43. The average Bonchev–Trinajstić information content (AvgIpc) is 2.43. The number of ether oxygens (including phenoxy) is 1. The molecule has 1 aromatic carbocycles. The average molecular weight is 426 g/mol. The zero-order chi connectivity index (χ0) is 15.0. The number of hydrogen-bond donors (Lipinski definition) is 2. The number of aliphatic imine (C=N–C) groups is 1. The summed E-state index contributed by atoms with van der Waals surface area (Å²) in [6.45, 7) is 6.42. The molecule has 0 fully saturated rings. The molecule has 0 aromatic heterocycles. The number of hydrogen-bond acceptors (Lipinski definition) is 2. The quantitative estimate of drug-likeness (QED) is 0.319. The Morgan fingerprint density at radius 1 is 1.29 bits per heavy atom. The van der Waals surface area contributed by atoms with E-state index in [9.17, 15) is 0 Å². The molecule has 0 aliphatic rings. The molecule has 0 saturated carbocycles. The van der Waals surface area contributed by atoms with Gasteiger partial charge in [0.05, 0.1) is 6.61 Å². The van der Waals surface area contributed by atoms with Gasteiger partial charge in [-0.15, -0.1) is 24.0 Å². The maximum absolute atomic E-state index is 6.27. The standard InChI is InChI=1S/C15H24ClN3O.HI/c1-15(2,12-7-5-6-8-13(12)16)11-19-14(17-3)18-9-10-20-4;/h5-8H,9-11H2,1-4H3,(H2,17,18,19);1H. The molecular formula is C15H25ClIN3O. The van der Waals surface area contributed by atoms with Gasteiger partial charge in [-0.25, -0.2) is 0 Å². The molecule has 21 heavy (non-hydrogen) atoms. The Bertz CT molecular complexity index is 452. The van der Waals surface area contributed by atoms with E-state index >= 15 is 0 Å². The molecule has 0 atom stereocenters. The Hall–Kier alpha value is -0.530. The van der Waals surface area contributed by atoms with Gasteiger partial charge in [-0.2, -0.15) is 0 Å². The van der Waals surface area contributed by atoms with Gasteiger partial charge < -0.3 is 15.4 Å². The maximum Gasteiger partial charge on any atom is 0.191 e. The van der Waals surface area contributed by atoms with E-state index in [-0.39, 0.29) is 29.4 Å². The van der Waals surface area contributed by atoms with Crippen LogP contribution < -0.4 is 10.6 Å². The number of halogens is 2. The Morgan fingerprint density at radius 3 is 2.52 bits per heavy atom. The summed E-state index contributed by atoms with van der Waals surface area (Å²) in [5.41, 5.74) is 1.04. The summed E-state index contributed by atoms with van der Waals surface area (Å²) in [4.78, 5) is 4.18. The molecule has 0 spiro atoms. The van der Waals surface area contributed by atoms with Crippen LogP contribution in [0.15, 0.2) is 29.3 Å². The Morgan fingerprint density at radius 2 is 1.95 bits per heavy atom. The lowest BCUT2D eigenvalue weighted by Gasteiger charge is -2.27. The minimum atomic E-state index is -0.0861. The zero-order valence-corrected chi connectivity index (χ0v) is 16.2. The predicted octanol–water partition coefficient (Wildman–Crippen LogP) is 3.05. The van der Waals surface area contributed by atoms with Crippen molar-refractivity contribution >= 4 is 41.5 Å². The minimum Gasteiger partial charge on any atom is -0.383 e. The van der Waals surface area contributed by atoms with E-state index in [1.807, 2.05) is 18.2 Å². The van der Waals surface area contributed by atoms with E-state index < -0.39 is 0 Å². The highest BCUT2D eigenvalue weighted by molar-refractivity contribution is 14.0. The topological polar surface area (TPSA) is 45.7 Å². The first-order valence-electron chi connectivity index (χ1n) is 6.69. The molecule has 0 heterocycles. The highest BCUT2D eigenvalue weighted by Gasteiger charge is 2.23. The molecule has 0 saturated heterocycles. The summed E-state index contributed by atoms with van der Waals surface area (Å²) in [6.07, 6.45) is 0. The molecule has 0 aliphatic carbocycles. The lowest BCUT2D eigenvalue weighted by Crippen LogP contribution is -2.44. The molecule has 1 rings (SSSR count). The van der Waals surface area contributed by atoms with Gasteiger partial charge in [-0.3, -0.25) is 4.99 Å². The molecule has 0 radical (unpaired) electrons. The van der Waals surface area contributed by atoms with Gasteiger partial charge in [0.2, 0.25) is 0 Å². The Kier molecular flexibility index (Phi) is 9.98. The third-order valence-electron chi connectivity index (χ3n) is 3.12. The van der Waals surface area contributed by atoms with Crippen LogP contribution in [0.1, 0.15) is 19.4 Å². The van der Waals surface area contributed by atoms with Crippen LogP contribution >= 0.6 is 35.6 Å². The number of nitrogens with one attached hydrogen (secondary N) is 2. The third-order valence-corrected chi connectivity index (χ3v) is 3.45. The maximum atomic E-state index is 6.27. The molecule has 0 aliphatic heterocycles. The minimum absolute atomic E-state index is 0. The molecular weight excluding hydrogens is 401 g/mol. The monoisotopic (exact) mass is 425 g/mol. The van der Waals surface area contributed by atoms with E-state index in [2.05, 4.69) is 35.5 Å². The van der Waals surface area contributed by atoms with Crippen LogP contribution in [-0.2, 0) is 10.2 Å².